The standard InChI is InChI=1S/C19H23FN4O.ClH/c1-2-18-15(9-22-24(18)14-6-4-13(20)5-7-14)19(25)23-10-12-3-8-17(21)16(12)11-23;/h4-7,9,12,16-17H,2-3,8,10-11,21H2,1H3;1H. The Balaban J connectivity index is 0.00000196. The third kappa shape index (κ3) is 3.12. The Morgan fingerprint density at radius 3 is 2.65 bits per heavy atom. The summed E-state index contributed by atoms with van der Waals surface area (Å²) in [6.45, 7) is 3.54. The lowest BCUT2D eigenvalue weighted by molar-refractivity contribution is 0.0778. The van der Waals surface area contributed by atoms with E-state index in [1.165, 1.54) is 12.1 Å². The van der Waals surface area contributed by atoms with Gasteiger partial charge in [-0.1, -0.05) is 6.92 Å². The van der Waals surface area contributed by atoms with Gasteiger partial charge in [-0.2, -0.15) is 5.10 Å². The Kier molecular flexibility index (Phi) is 5.34. The maximum atomic E-state index is 13.2. The first-order valence-electron chi connectivity index (χ1n) is 8.96. The maximum Gasteiger partial charge on any atom is 0.257 e. The highest BCUT2D eigenvalue weighted by molar-refractivity contribution is 5.95. The Labute approximate surface area is 158 Å². The van der Waals surface area contributed by atoms with Crippen molar-refractivity contribution in [2.45, 2.75) is 32.2 Å². The minimum absolute atomic E-state index is 0. The van der Waals surface area contributed by atoms with Crippen molar-refractivity contribution in [3.63, 3.8) is 0 Å². The molecule has 1 aliphatic heterocycles. The second-order valence-electron chi connectivity index (χ2n) is 7.12. The van der Waals surface area contributed by atoms with Crippen LogP contribution >= 0.6 is 12.4 Å². The molecule has 3 unspecified atom stereocenters. The molecule has 1 aliphatic carbocycles. The van der Waals surface area contributed by atoms with Gasteiger partial charge in [0.2, 0.25) is 0 Å². The van der Waals surface area contributed by atoms with Crippen molar-refractivity contribution in [2.75, 3.05) is 13.1 Å². The van der Waals surface area contributed by atoms with Crippen molar-refractivity contribution in [3.8, 4) is 5.69 Å². The van der Waals surface area contributed by atoms with Crippen LogP contribution in [-0.2, 0) is 6.42 Å². The Bertz CT molecular complexity index is 791. The molecule has 3 atom stereocenters. The first kappa shape index (κ1) is 18.9. The normalized spacial score (nSPS) is 24.4. The van der Waals surface area contributed by atoms with E-state index in [-0.39, 0.29) is 30.2 Å². The number of nitrogens with two attached hydrogens (primary N) is 1. The van der Waals surface area contributed by atoms with Crippen LogP contribution in [0.25, 0.3) is 5.69 Å². The zero-order valence-corrected chi connectivity index (χ0v) is 15.6. The molecule has 4 rings (SSSR count). The fourth-order valence-electron chi connectivity index (χ4n) is 4.34. The third-order valence-electron chi connectivity index (χ3n) is 5.70. The Morgan fingerprint density at radius 1 is 1.27 bits per heavy atom. The Morgan fingerprint density at radius 2 is 2.00 bits per heavy atom. The Hall–Kier alpha value is -1.92. The minimum atomic E-state index is -0.287. The van der Waals surface area contributed by atoms with Crippen LogP contribution in [0.5, 0.6) is 0 Å². The van der Waals surface area contributed by atoms with Crippen LogP contribution in [0.3, 0.4) is 0 Å². The van der Waals surface area contributed by atoms with Gasteiger partial charge in [0.25, 0.3) is 5.91 Å². The molecule has 2 aromatic rings. The molecular weight excluding hydrogens is 355 g/mol. The van der Waals surface area contributed by atoms with Crippen molar-refractivity contribution < 1.29 is 9.18 Å². The molecule has 140 valence electrons. The van der Waals surface area contributed by atoms with Crippen LogP contribution in [0.15, 0.2) is 30.5 Å². The molecule has 2 fully saturated rings. The lowest BCUT2D eigenvalue weighted by Gasteiger charge is -2.19. The summed E-state index contributed by atoms with van der Waals surface area (Å²) in [6.07, 6.45) is 4.50. The van der Waals surface area contributed by atoms with E-state index >= 15 is 0 Å². The number of carbonyl (C=O) groups excluding carboxylic acids is 1. The van der Waals surface area contributed by atoms with Crippen molar-refractivity contribution >= 4 is 18.3 Å². The molecule has 7 heteroatoms. The van der Waals surface area contributed by atoms with Gasteiger partial charge in [-0.25, -0.2) is 9.07 Å². The average Bonchev–Trinajstić information content (AvgIpc) is 3.30. The van der Waals surface area contributed by atoms with Crippen molar-refractivity contribution in [2.24, 2.45) is 17.6 Å². The maximum absolute atomic E-state index is 13.2. The number of benzene rings is 1. The quantitative estimate of drug-likeness (QED) is 0.893. The van der Waals surface area contributed by atoms with Gasteiger partial charge in [0.05, 0.1) is 23.1 Å². The van der Waals surface area contributed by atoms with E-state index in [1.807, 2.05) is 11.8 Å². The van der Waals surface area contributed by atoms with E-state index in [1.54, 1.807) is 23.0 Å². The van der Waals surface area contributed by atoms with E-state index in [2.05, 4.69) is 5.10 Å². The number of rotatable bonds is 3. The molecule has 0 radical (unpaired) electrons. The van der Waals surface area contributed by atoms with E-state index < -0.39 is 0 Å². The summed E-state index contributed by atoms with van der Waals surface area (Å²) in [7, 11) is 0. The molecule has 0 spiro atoms. The van der Waals surface area contributed by atoms with Gasteiger partial charge in [-0.15, -0.1) is 12.4 Å². The van der Waals surface area contributed by atoms with Gasteiger partial charge in [-0.05, 0) is 55.4 Å². The van der Waals surface area contributed by atoms with E-state index in [4.69, 9.17) is 5.73 Å². The number of nitrogens with zero attached hydrogens (tertiary/aromatic N) is 3. The number of amides is 1. The van der Waals surface area contributed by atoms with Crippen LogP contribution in [0.1, 0.15) is 35.8 Å². The smallest absolute Gasteiger partial charge is 0.257 e. The average molecular weight is 379 g/mol. The number of hydrogen-bond donors (Lipinski definition) is 1. The lowest BCUT2D eigenvalue weighted by Crippen LogP contribution is -2.33. The minimum Gasteiger partial charge on any atom is -0.338 e. The molecule has 1 saturated heterocycles. The highest BCUT2D eigenvalue weighted by Gasteiger charge is 2.43. The van der Waals surface area contributed by atoms with Crippen LogP contribution in [0.4, 0.5) is 4.39 Å². The largest absolute Gasteiger partial charge is 0.338 e. The molecule has 5 nitrogen and oxygen atoms in total. The van der Waals surface area contributed by atoms with Gasteiger partial charge in [0.1, 0.15) is 5.82 Å². The SMILES string of the molecule is CCc1c(C(=O)N2CC3CCC(N)C3C2)cnn1-c1ccc(F)cc1.Cl. The van der Waals surface area contributed by atoms with Gasteiger partial charge in [0.15, 0.2) is 0 Å². The van der Waals surface area contributed by atoms with E-state index in [0.29, 0.717) is 23.8 Å². The van der Waals surface area contributed by atoms with E-state index in [9.17, 15) is 9.18 Å². The van der Waals surface area contributed by atoms with E-state index in [0.717, 1.165) is 37.3 Å². The second kappa shape index (κ2) is 7.37. The molecule has 2 aliphatic rings. The highest BCUT2D eigenvalue weighted by atomic mass is 35.5. The summed E-state index contributed by atoms with van der Waals surface area (Å²) in [5, 5.41) is 4.39. The number of likely N-dealkylation sites (tertiary alicyclic amines) is 1. The summed E-state index contributed by atoms with van der Waals surface area (Å²) < 4.78 is 14.9. The molecule has 26 heavy (non-hydrogen) atoms. The molecule has 2 N–H and O–H groups in total. The summed E-state index contributed by atoms with van der Waals surface area (Å²) in [5.74, 6) is 0.717. The van der Waals surface area contributed by atoms with Crippen LogP contribution in [0, 0.1) is 17.7 Å². The first-order chi connectivity index (χ1) is 12.1. The monoisotopic (exact) mass is 378 g/mol. The number of hydrogen-bond acceptors (Lipinski definition) is 3. The number of fused-ring (bicyclic) bond motifs is 1. The summed E-state index contributed by atoms with van der Waals surface area (Å²) >= 11 is 0. The second-order valence-corrected chi connectivity index (χ2v) is 7.12. The number of aromatic nitrogens is 2. The van der Waals surface area contributed by atoms with Crippen LogP contribution in [-0.4, -0.2) is 39.7 Å². The lowest BCUT2D eigenvalue weighted by atomic mass is 9.98. The van der Waals surface area contributed by atoms with Gasteiger partial charge < -0.3 is 10.6 Å². The molecule has 2 heterocycles. The molecular formula is C19H24ClFN4O. The van der Waals surface area contributed by atoms with Gasteiger partial charge >= 0.3 is 0 Å². The van der Waals surface area contributed by atoms with Crippen molar-refractivity contribution in [1.82, 2.24) is 14.7 Å². The molecule has 1 aromatic heterocycles. The highest BCUT2D eigenvalue weighted by Crippen LogP contribution is 2.37. The van der Waals surface area contributed by atoms with Gasteiger partial charge in [0, 0.05) is 19.1 Å². The number of halogens is 2. The summed E-state index contributed by atoms with van der Waals surface area (Å²) in [5.41, 5.74) is 8.44. The van der Waals surface area contributed by atoms with Crippen LogP contribution in [0.2, 0.25) is 0 Å². The predicted octanol–water partition coefficient (Wildman–Crippen LogP) is 2.80. The summed E-state index contributed by atoms with van der Waals surface area (Å²) in [6, 6.07) is 6.38. The first-order valence-corrected chi connectivity index (χ1v) is 8.96. The molecule has 1 amide bonds. The van der Waals surface area contributed by atoms with Crippen LogP contribution < -0.4 is 5.73 Å². The summed E-state index contributed by atoms with van der Waals surface area (Å²) in [4.78, 5) is 15.0. The zero-order valence-electron chi connectivity index (χ0n) is 14.8. The van der Waals surface area contributed by atoms with Crippen molar-refractivity contribution in [1.29, 1.82) is 0 Å². The molecule has 1 aromatic carbocycles. The zero-order chi connectivity index (χ0) is 17.6. The molecule has 0 bridgehead atoms. The predicted molar refractivity (Wildman–Crippen MR) is 100 cm³/mol. The number of carbonyl (C=O) groups is 1. The van der Waals surface area contributed by atoms with Crippen molar-refractivity contribution in [3.05, 3.63) is 47.5 Å². The third-order valence-corrected chi connectivity index (χ3v) is 5.70. The fraction of sp³-hybridized carbons (Fsp3) is 0.474. The fourth-order valence-corrected chi connectivity index (χ4v) is 4.34. The molecule has 1 saturated carbocycles. The topological polar surface area (TPSA) is 64.2 Å². The van der Waals surface area contributed by atoms with Gasteiger partial charge in [-0.3, -0.25) is 4.79 Å².